The molecule has 10 heteroatoms. The van der Waals surface area contributed by atoms with Crippen LogP contribution in [0.1, 0.15) is 68.9 Å². The van der Waals surface area contributed by atoms with Crippen molar-refractivity contribution in [3.63, 3.8) is 0 Å². The molecular formula is C30H34F2N6O2. The van der Waals surface area contributed by atoms with Gasteiger partial charge in [0.25, 0.3) is 11.5 Å². The second-order valence-corrected chi connectivity index (χ2v) is 10.9. The first-order valence-corrected chi connectivity index (χ1v) is 13.8. The van der Waals surface area contributed by atoms with E-state index in [-0.39, 0.29) is 11.2 Å². The Hall–Kier alpha value is -4.08. The third-order valence-corrected chi connectivity index (χ3v) is 7.87. The van der Waals surface area contributed by atoms with Crippen LogP contribution < -0.4 is 21.5 Å². The first-order valence-electron chi connectivity index (χ1n) is 13.8. The first kappa shape index (κ1) is 27.5. The van der Waals surface area contributed by atoms with Gasteiger partial charge in [-0.1, -0.05) is 19.9 Å². The number of nitrogens with two attached hydrogens (primary N) is 1. The van der Waals surface area contributed by atoms with E-state index in [0.717, 1.165) is 61.8 Å². The summed E-state index contributed by atoms with van der Waals surface area (Å²) in [4.78, 5) is 32.8. The molecule has 40 heavy (non-hydrogen) atoms. The molecule has 0 atom stereocenters. The van der Waals surface area contributed by atoms with Crippen molar-refractivity contribution in [1.29, 1.82) is 0 Å². The van der Waals surface area contributed by atoms with Gasteiger partial charge in [-0.3, -0.25) is 14.6 Å². The van der Waals surface area contributed by atoms with Gasteiger partial charge < -0.3 is 16.0 Å². The van der Waals surface area contributed by atoms with Crippen LogP contribution in [-0.4, -0.2) is 40.5 Å². The van der Waals surface area contributed by atoms with E-state index in [1.807, 2.05) is 20.1 Å². The molecule has 2 aromatic carbocycles. The van der Waals surface area contributed by atoms with Crippen molar-refractivity contribution in [2.45, 2.75) is 58.4 Å². The highest BCUT2D eigenvalue weighted by molar-refractivity contribution is 6.08. The number of hydrogen-bond donors (Lipinski definition) is 2. The second-order valence-electron chi connectivity index (χ2n) is 10.9. The second kappa shape index (κ2) is 10.5. The van der Waals surface area contributed by atoms with Crippen molar-refractivity contribution in [2.24, 2.45) is 10.4 Å². The van der Waals surface area contributed by atoms with E-state index in [4.69, 9.17) is 10.7 Å². The first-order chi connectivity index (χ1) is 19.2. The lowest BCUT2D eigenvalue weighted by Crippen LogP contribution is -2.27. The maximum absolute atomic E-state index is 14.4. The summed E-state index contributed by atoms with van der Waals surface area (Å²) < 4.78 is 29.3. The smallest absolute Gasteiger partial charge is 0.276 e. The van der Waals surface area contributed by atoms with E-state index in [2.05, 4.69) is 22.2 Å². The van der Waals surface area contributed by atoms with E-state index < -0.39 is 28.8 Å². The summed E-state index contributed by atoms with van der Waals surface area (Å²) in [6.07, 6.45) is 7.30. The number of rotatable bonds is 6. The number of anilines is 3. The molecule has 0 unspecified atom stereocenters. The highest BCUT2D eigenvalue weighted by Crippen LogP contribution is 2.54. The number of benzene rings is 2. The number of aromatic nitrogens is 2. The van der Waals surface area contributed by atoms with Gasteiger partial charge in [0, 0.05) is 36.6 Å². The molecule has 1 aromatic heterocycles. The fraction of sp³-hybridized carbons (Fsp3) is 0.400. The third kappa shape index (κ3) is 5.35. The zero-order valence-electron chi connectivity index (χ0n) is 23.0. The fourth-order valence-electron chi connectivity index (χ4n) is 5.01. The Morgan fingerprint density at radius 3 is 2.35 bits per heavy atom. The molecule has 1 spiro atoms. The van der Waals surface area contributed by atoms with E-state index in [1.165, 1.54) is 25.0 Å². The van der Waals surface area contributed by atoms with Gasteiger partial charge >= 0.3 is 0 Å². The average molecular weight is 549 g/mol. The predicted octanol–water partition coefficient (Wildman–Crippen LogP) is 5.33. The zero-order chi connectivity index (χ0) is 28.7. The molecule has 1 saturated heterocycles. The molecule has 0 radical (unpaired) electrons. The molecular weight excluding hydrogens is 514 g/mol. The molecule has 3 N–H and O–H groups in total. The Kier molecular flexibility index (Phi) is 7.20. The SMILES string of the molecule is CC.CC1(N=Cc2c(N)ccc(NC(=O)c3ccc(=O)n(-c4c(F)cccc4F)n3)c2N2CCC3(CC3)C2)CC1. The van der Waals surface area contributed by atoms with Crippen LogP contribution in [0.4, 0.5) is 25.8 Å². The van der Waals surface area contributed by atoms with Crippen molar-refractivity contribution < 1.29 is 13.6 Å². The standard InChI is InChI=1S/C28H28F2N6O2.C2H6/c1-27(9-10-27)32-15-17-20(31)5-6-21(24(17)35-14-13-28(16-35)11-12-28)33-26(38)22-7-8-23(37)36(34-22)25-18(29)3-2-4-19(25)30;1-2/h2-8,15H,9-14,16,31H2,1H3,(H,33,38);1-2H3. The number of para-hydroxylation sites is 1. The summed E-state index contributed by atoms with van der Waals surface area (Å²) in [6.45, 7) is 7.80. The summed E-state index contributed by atoms with van der Waals surface area (Å²) in [5, 5.41) is 6.88. The molecule has 210 valence electrons. The number of aliphatic imine (C=N–C) groups is 1. The van der Waals surface area contributed by atoms with Gasteiger partial charge in [0.1, 0.15) is 11.4 Å². The Balaban J connectivity index is 0.00000158. The number of carbonyl (C=O) groups excluding carboxylic acids is 1. The summed E-state index contributed by atoms with van der Waals surface area (Å²) in [6, 6.07) is 8.98. The van der Waals surface area contributed by atoms with Crippen LogP contribution in [0.5, 0.6) is 0 Å². The third-order valence-electron chi connectivity index (χ3n) is 7.87. The number of hydrogen-bond acceptors (Lipinski definition) is 6. The molecule has 0 bridgehead atoms. The average Bonchev–Trinajstić information content (AvgIpc) is 3.83. The van der Waals surface area contributed by atoms with Crippen molar-refractivity contribution in [1.82, 2.24) is 9.78 Å². The molecule has 1 aliphatic heterocycles. The van der Waals surface area contributed by atoms with Gasteiger partial charge in [-0.15, -0.1) is 0 Å². The molecule has 1 amide bonds. The monoisotopic (exact) mass is 548 g/mol. The Morgan fingerprint density at radius 1 is 1.02 bits per heavy atom. The van der Waals surface area contributed by atoms with Gasteiger partial charge in [0.15, 0.2) is 11.6 Å². The Morgan fingerprint density at radius 2 is 1.73 bits per heavy atom. The van der Waals surface area contributed by atoms with Crippen molar-refractivity contribution >= 4 is 29.2 Å². The number of carbonyl (C=O) groups is 1. The highest BCUT2D eigenvalue weighted by Gasteiger charge is 2.48. The summed E-state index contributed by atoms with van der Waals surface area (Å²) >= 11 is 0. The number of nitrogens with zero attached hydrogens (tertiary/aromatic N) is 4. The van der Waals surface area contributed by atoms with Gasteiger partial charge in [0.05, 0.1) is 16.9 Å². The summed E-state index contributed by atoms with van der Waals surface area (Å²) in [7, 11) is 0. The van der Waals surface area contributed by atoms with Crippen molar-refractivity contribution in [2.75, 3.05) is 29.0 Å². The summed E-state index contributed by atoms with van der Waals surface area (Å²) in [5.74, 6) is -2.55. The predicted molar refractivity (Wildman–Crippen MR) is 154 cm³/mol. The number of nitrogens with one attached hydrogen (secondary N) is 1. The lowest BCUT2D eigenvalue weighted by atomic mass is 10.1. The molecule has 2 heterocycles. The summed E-state index contributed by atoms with van der Waals surface area (Å²) in [5.41, 5.74) is 7.71. The molecule has 2 saturated carbocycles. The van der Waals surface area contributed by atoms with Gasteiger partial charge in [0.2, 0.25) is 0 Å². The van der Waals surface area contributed by atoms with Crippen molar-refractivity contribution in [3.05, 3.63) is 75.7 Å². The zero-order valence-corrected chi connectivity index (χ0v) is 23.0. The minimum atomic E-state index is -0.964. The highest BCUT2D eigenvalue weighted by atomic mass is 19.1. The van der Waals surface area contributed by atoms with Crippen LogP contribution in [-0.2, 0) is 0 Å². The fourth-order valence-corrected chi connectivity index (χ4v) is 5.01. The molecule has 6 rings (SSSR count). The minimum Gasteiger partial charge on any atom is -0.398 e. The van der Waals surface area contributed by atoms with Crippen LogP contribution in [0.15, 0.2) is 52.3 Å². The molecule has 3 fully saturated rings. The van der Waals surface area contributed by atoms with Crippen molar-refractivity contribution in [3.8, 4) is 5.69 Å². The minimum absolute atomic E-state index is 0.0781. The largest absolute Gasteiger partial charge is 0.398 e. The Labute approximate surface area is 231 Å². The number of halogens is 2. The van der Waals surface area contributed by atoms with Crippen LogP contribution in [0.25, 0.3) is 5.69 Å². The van der Waals surface area contributed by atoms with Gasteiger partial charge in [-0.05, 0) is 74.8 Å². The molecule has 8 nitrogen and oxygen atoms in total. The van der Waals surface area contributed by atoms with E-state index in [9.17, 15) is 18.4 Å². The molecule has 3 aliphatic rings. The normalized spacial score (nSPS) is 18.0. The molecule has 3 aromatic rings. The van der Waals surface area contributed by atoms with Gasteiger partial charge in [-0.25, -0.2) is 8.78 Å². The lowest BCUT2D eigenvalue weighted by molar-refractivity contribution is 0.102. The van der Waals surface area contributed by atoms with E-state index >= 15 is 0 Å². The van der Waals surface area contributed by atoms with Gasteiger partial charge in [-0.2, -0.15) is 9.78 Å². The number of amides is 1. The lowest BCUT2D eigenvalue weighted by Gasteiger charge is -2.25. The van der Waals surface area contributed by atoms with Crippen LogP contribution >= 0.6 is 0 Å². The van der Waals surface area contributed by atoms with Crippen LogP contribution in [0.3, 0.4) is 0 Å². The Bertz CT molecular complexity index is 1520. The molecule has 2 aliphatic carbocycles. The quantitative estimate of drug-likeness (QED) is 0.320. The van der Waals surface area contributed by atoms with E-state index in [1.54, 1.807) is 12.1 Å². The number of nitrogen functional groups attached to an aromatic ring is 1. The maximum Gasteiger partial charge on any atom is 0.276 e. The topological polar surface area (TPSA) is 106 Å². The van der Waals surface area contributed by atoms with E-state index in [0.29, 0.717) is 21.5 Å². The maximum atomic E-state index is 14.4. The van der Waals surface area contributed by atoms with Crippen LogP contribution in [0, 0.1) is 17.0 Å². The van der Waals surface area contributed by atoms with Crippen LogP contribution in [0.2, 0.25) is 0 Å².